The van der Waals surface area contributed by atoms with Crippen molar-refractivity contribution in [3.8, 4) is 0 Å². The molecular weight excluding hydrogens is 258 g/mol. The van der Waals surface area contributed by atoms with Crippen LogP contribution in [0.3, 0.4) is 0 Å². The Morgan fingerprint density at radius 1 is 1.26 bits per heavy atom. The molecule has 0 bridgehead atoms. The van der Waals surface area contributed by atoms with Crippen LogP contribution in [0.4, 0.5) is 0 Å². The van der Waals surface area contributed by atoms with Crippen molar-refractivity contribution in [2.75, 3.05) is 13.7 Å². The molecule has 19 heavy (non-hydrogen) atoms. The molecule has 1 N–H and O–H groups in total. The third-order valence-electron chi connectivity index (χ3n) is 2.76. The summed E-state index contributed by atoms with van der Waals surface area (Å²) in [4.78, 5) is 13.2. The number of hydrogen-bond acceptors (Lipinski definition) is 3. The highest BCUT2D eigenvalue weighted by atomic mass is 32.1. The molecule has 0 radical (unpaired) electrons. The molecule has 1 aromatic carbocycles. The van der Waals surface area contributed by atoms with E-state index in [2.05, 4.69) is 11.4 Å². The zero-order valence-corrected chi connectivity index (χ0v) is 11.7. The fourth-order valence-electron chi connectivity index (χ4n) is 1.78. The zero-order chi connectivity index (χ0) is 13.5. The van der Waals surface area contributed by atoms with Crippen molar-refractivity contribution in [2.24, 2.45) is 0 Å². The van der Waals surface area contributed by atoms with E-state index in [4.69, 9.17) is 4.74 Å². The predicted molar refractivity (Wildman–Crippen MR) is 77.5 cm³/mol. The average Bonchev–Trinajstić information content (AvgIpc) is 2.93. The lowest BCUT2D eigenvalue weighted by atomic mass is 10.1. The van der Waals surface area contributed by atoms with Gasteiger partial charge in [0.1, 0.15) is 0 Å². The SMILES string of the molecule is COCc1ccc(C(=O)NCCc2cccs2)cc1. The molecule has 0 spiro atoms. The topological polar surface area (TPSA) is 38.3 Å². The number of benzene rings is 1. The van der Waals surface area contributed by atoms with Gasteiger partial charge in [-0.05, 0) is 35.6 Å². The molecule has 0 aliphatic heterocycles. The average molecular weight is 275 g/mol. The first-order valence-electron chi connectivity index (χ1n) is 6.18. The molecular formula is C15H17NO2S. The van der Waals surface area contributed by atoms with Crippen LogP contribution in [0.15, 0.2) is 41.8 Å². The van der Waals surface area contributed by atoms with E-state index < -0.39 is 0 Å². The molecule has 2 rings (SSSR count). The summed E-state index contributed by atoms with van der Waals surface area (Å²) in [7, 11) is 1.66. The van der Waals surface area contributed by atoms with Crippen LogP contribution in [-0.2, 0) is 17.8 Å². The van der Waals surface area contributed by atoms with Gasteiger partial charge in [0.05, 0.1) is 6.61 Å². The van der Waals surface area contributed by atoms with Gasteiger partial charge in [-0.25, -0.2) is 0 Å². The zero-order valence-electron chi connectivity index (χ0n) is 10.9. The van der Waals surface area contributed by atoms with Crippen molar-refractivity contribution in [2.45, 2.75) is 13.0 Å². The maximum Gasteiger partial charge on any atom is 0.251 e. The number of hydrogen-bond donors (Lipinski definition) is 1. The molecule has 4 heteroatoms. The minimum absolute atomic E-state index is 0.0273. The number of carbonyl (C=O) groups is 1. The largest absolute Gasteiger partial charge is 0.380 e. The molecule has 0 unspecified atom stereocenters. The van der Waals surface area contributed by atoms with Crippen LogP contribution >= 0.6 is 11.3 Å². The van der Waals surface area contributed by atoms with Crippen molar-refractivity contribution in [3.05, 3.63) is 57.8 Å². The van der Waals surface area contributed by atoms with Crippen molar-refractivity contribution in [1.29, 1.82) is 0 Å². The lowest BCUT2D eigenvalue weighted by molar-refractivity contribution is 0.0954. The Morgan fingerprint density at radius 3 is 2.68 bits per heavy atom. The molecule has 0 atom stereocenters. The first-order chi connectivity index (χ1) is 9.29. The van der Waals surface area contributed by atoms with E-state index in [0.29, 0.717) is 18.7 Å². The molecule has 2 aromatic rings. The highest BCUT2D eigenvalue weighted by Gasteiger charge is 2.04. The van der Waals surface area contributed by atoms with Crippen LogP contribution in [0.5, 0.6) is 0 Å². The van der Waals surface area contributed by atoms with Crippen molar-refractivity contribution in [1.82, 2.24) is 5.32 Å². The van der Waals surface area contributed by atoms with E-state index in [9.17, 15) is 4.79 Å². The second-order valence-electron chi connectivity index (χ2n) is 4.22. The summed E-state index contributed by atoms with van der Waals surface area (Å²) in [5, 5.41) is 4.97. The molecule has 0 fully saturated rings. The van der Waals surface area contributed by atoms with Crippen LogP contribution in [0.1, 0.15) is 20.8 Å². The van der Waals surface area contributed by atoms with Crippen LogP contribution < -0.4 is 5.32 Å². The molecule has 0 aliphatic carbocycles. The summed E-state index contributed by atoms with van der Waals surface area (Å²) < 4.78 is 5.04. The summed E-state index contributed by atoms with van der Waals surface area (Å²) in [5.74, 6) is -0.0273. The van der Waals surface area contributed by atoms with Gasteiger partial charge in [0.15, 0.2) is 0 Å². The monoisotopic (exact) mass is 275 g/mol. The minimum atomic E-state index is -0.0273. The summed E-state index contributed by atoms with van der Waals surface area (Å²) in [6.07, 6.45) is 0.880. The van der Waals surface area contributed by atoms with Gasteiger partial charge in [-0.15, -0.1) is 11.3 Å². The molecule has 0 saturated carbocycles. The van der Waals surface area contributed by atoms with E-state index >= 15 is 0 Å². The number of nitrogens with one attached hydrogen (secondary N) is 1. The maximum absolute atomic E-state index is 11.9. The third-order valence-corrected chi connectivity index (χ3v) is 3.70. The Kier molecular flexibility index (Phi) is 5.12. The van der Waals surface area contributed by atoms with Crippen LogP contribution in [0.25, 0.3) is 0 Å². The lowest BCUT2D eigenvalue weighted by Crippen LogP contribution is -2.25. The Bertz CT molecular complexity index is 505. The van der Waals surface area contributed by atoms with E-state index in [1.807, 2.05) is 35.7 Å². The van der Waals surface area contributed by atoms with Gasteiger partial charge in [-0.1, -0.05) is 18.2 Å². The summed E-state index contributed by atoms with van der Waals surface area (Å²) >= 11 is 1.71. The Balaban J connectivity index is 1.82. The summed E-state index contributed by atoms with van der Waals surface area (Å²) in [5.41, 5.74) is 1.75. The number of methoxy groups -OCH3 is 1. The van der Waals surface area contributed by atoms with E-state index in [1.165, 1.54) is 4.88 Å². The summed E-state index contributed by atoms with van der Waals surface area (Å²) in [6, 6.07) is 11.6. The van der Waals surface area contributed by atoms with Crippen LogP contribution in [0.2, 0.25) is 0 Å². The van der Waals surface area contributed by atoms with E-state index in [1.54, 1.807) is 18.4 Å². The number of amides is 1. The number of ether oxygens (including phenoxy) is 1. The second kappa shape index (κ2) is 7.07. The fourth-order valence-corrected chi connectivity index (χ4v) is 2.48. The molecule has 1 heterocycles. The smallest absolute Gasteiger partial charge is 0.251 e. The molecule has 3 nitrogen and oxygen atoms in total. The lowest BCUT2D eigenvalue weighted by Gasteiger charge is -2.05. The number of carbonyl (C=O) groups excluding carboxylic acids is 1. The Morgan fingerprint density at radius 2 is 2.05 bits per heavy atom. The standard InChI is InChI=1S/C15H17NO2S/c1-18-11-12-4-6-13(7-5-12)15(17)16-9-8-14-3-2-10-19-14/h2-7,10H,8-9,11H2,1H3,(H,16,17). The van der Waals surface area contributed by atoms with Crippen molar-refractivity contribution in [3.63, 3.8) is 0 Å². The van der Waals surface area contributed by atoms with E-state index in [-0.39, 0.29) is 5.91 Å². The quantitative estimate of drug-likeness (QED) is 0.880. The van der Waals surface area contributed by atoms with Crippen molar-refractivity contribution >= 4 is 17.2 Å². The Labute approximate surface area is 117 Å². The second-order valence-corrected chi connectivity index (χ2v) is 5.25. The van der Waals surface area contributed by atoms with Gasteiger partial charge in [-0.2, -0.15) is 0 Å². The molecule has 1 amide bonds. The van der Waals surface area contributed by atoms with Gasteiger partial charge < -0.3 is 10.1 Å². The molecule has 0 aliphatic rings. The first kappa shape index (κ1) is 13.8. The van der Waals surface area contributed by atoms with Gasteiger partial charge in [-0.3, -0.25) is 4.79 Å². The highest BCUT2D eigenvalue weighted by Crippen LogP contribution is 2.09. The third kappa shape index (κ3) is 4.19. The number of rotatable bonds is 6. The maximum atomic E-state index is 11.9. The van der Waals surface area contributed by atoms with Crippen molar-refractivity contribution < 1.29 is 9.53 Å². The first-order valence-corrected chi connectivity index (χ1v) is 7.06. The van der Waals surface area contributed by atoms with Gasteiger partial charge >= 0.3 is 0 Å². The number of thiophene rings is 1. The normalized spacial score (nSPS) is 10.4. The molecule has 1 aromatic heterocycles. The Hall–Kier alpha value is -1.65. The molecule has 0 saturated heterocycles. The summed E-state index contributed by atoms with van der Waals surface area (Å²) in [6.45, 7) is 1.24. The van der Waals surface area contributed by atoms with Crippen LogP contribution in [-0.4, -0.2) is 19.6 Å². The van der Waals surface area contributed by atoms with E-state index in [0.717, 1.165) is 12.0 Å². The van der Waals surface area contributed by atoms with Gasteiger partial charge in [0.2, 0.25) is 0 Å². The van der Waals surface area contributed by atoms with Gasteiger partial charge in [0.25, 0.3) is 5.91 Å². The molecule has 100 valence electrons. The van der Waals surface area contributed by atoms with Crippen LogP contribution in [0, 0.1) is 0 Å². The van der Waals surface area contributed by atoms with Gasteiger partial charge in [0, 0.05) is 24.1 Å². The highest BCUT2D eigenvalue weighted by molar-refractivity contribution is 7.09. The predicted octanol–water partition coefficient (Wildman–Crippen LogP) is 2.87. The minimum Gasteiger partial charge on any atom is -0.380 e. The fraction of sp³-hybridized carbons (Fsp3) is 0.267.